The molecule has 0 aliphatic rings. The minimum absolute atomic E-state index is 0.356. The fourth-order valence-corrected chi connectivity index (χ4v) is 2.06. The van der Waals surface area contributed by atoms with Gasteiger partial charge in [-0.1, -0.05) is 26.8 Å². The normalized spacial score (nSPS) is 12.7. The Balaban J connectivity index is 2.47. The summed E-state index contributed by atoms with van der Waals surface area (Å²) in [4.78, 5) is 0. The van der Waals surface area contributed by atoms with E-state index in [0.717, 1.165) is 31.6 Å². The lowest BCUT2D eigenvalue weighted by atomic mass is 10.00. The van der Waals surface area contributed by atoms with E-state index in [9.17, 15) is 0 Å². The van der Waals surface area contributed by atoms with Crippen molar-refractivity contribution >= 4 is 0 Å². The molecule has 0 saturated carbocycles. The van der Waals surface area contributed by atoms with Crippen molar-refractivity contribution in [2.24, 2.45) is 11.7 Å². The number of hydrogen-bond acceptors (Lipinski definition) is 2. The van der Waals surface area contributed by atoms with Gasteiger partial charge in [-0.15, -0.1) is 0 Å². The van der Waals surface area contributed by atoms with E-state index in [0.29, 0.717) is 12.0 Å². The monoisotopic (exact) mass is 263 g/mol. The van der Waals surface area contributed by atoms with Gasteiger partial charge in [0, 0.05) is 6.04 Å². The SMILES string of the molecule is CCC(N)CCCc1ccc(OCC(C)C)cc1C. The van der Waals surface area contributed by atoms with Crippen molar-refractivity contribution in [2.75, 3.05) is 6.61 Å². The molecule has 2 N–H and O–H groups in total. The maximum Gasteiger partial charge on any atom is 0.119 e. The van der Waals surface area contributed by atoms with Gasteiger partial charge in [0.05, 0.1) is 6.61 Å². The molecule has 1 aromatic carbocycles. The standard InChI is InChI=1S/C17H29NO/c1-5-16(18)8-6-7-15-9-10-17(11-14(15)4)19-12-13(2)3/h9-11,13,16H,5-8,12,18H2,1-4H3. The second-order valence-electron chi connectivity index (χ2n) is 5.85. The zero-order valence-corrected chi connectivity index (χ0v) is 12.9. The molecule has 0 amide bonds. The Kier molecular flexibility index (Phi) is 6.93. The van der Waals surface area contributed by atoms with Crippen molar-refractivity contribution in [3.8, 4) is 5.75 Å². The zero-order chi connectivity index (χ0) is 14.3. The largest absolute Gasteiger partial charge is 0.493 e. The first kappa shape index (κ1) is 16.0. The van der Waals surface area contributed by atoms with E-state index in [1.807, 2.05) is 0 Å². The van der Waals surface area contributed by atoms with Gasteiger partial charge in [0.2, 0.25) is 0 Å². The molecule has 108 valence electrons. The minimum atomic E-state index is 0.356. The van der Waals surface area contributed by atoms with E-state index in [1.165, 1.54) is 17.5 Å². The highest BCUT2D eigenvalue weighted by molar-refractivity contribution is 5.34. The average Bonchev–Trinajstić information content (AvgIpc) is 2.38. The van der Waals surface area contributed by atoms with Crippen LogP contribution in [0.25, 0.3) is 0 Å². The Bertz CT molecular complexity index is 374. The van der Waals surface area contributed by atoms with Crippen LogP contribution in [0.5, 0.6) is 5.75 Å². The molecule has 2 nitrogen and oxygen atoms in total. The Morgan fingerprint density at radius 1 is 1.26 bits per heavy atom. The van der Waals surface area contributed by atoms with Crippen LogP contribution in [0.3, 0.4) is 0 Å². The van der Waals surface area contributed by atoms with Gasteiger partial charge in [-0.3, -0.25) is 0 Å². The Hall–Kier alpha value is -1.02. The molecule has 1 unspecified atom stereocenters. The van der Waals surface area contributed by atoms with Crippen LogP contribution >= 0.6 is 0 Å². The lowest BCUT2D eigenvalue weighted by Gasteiger charge is -2.12. The maximum atomic E-state index is 5.95. The third-order valence-electron chi connectivity index (χ3n) is 3.44. The van der Waals surface area contributed by atoms with Crippen LogP contribution in [0.1, 0.15) is 51.2 Å². The summed E-state index contributed by atoms with van der Waals surface area (Å²) in [5.41, 5.74) is 8.69. The topological polar surface area (TPSA) is 35.2 Å². The van der Waals surface area contributed by atoms with Gasteiger partial charge in [-0.2, -0.15) is 0 Å². The molecule has 0 aliphatic heterocycles. The second kappa shape index (κ2) is 8.21. The van der Waals surface area contributed by atoms with Crippen LogP contribution in [0.2, 0.25) is 0 Å². The van der Waals surface area contributed by atoms with Crippen molar-refractivity contribution < 1.29 is 4.74 Å². The Morgan fingerprint density at radius 3 is 2.58 bits per heavy atom. The summed E-state index contributed by atoms with van der Waals surface area (Å²) >= 11 is 0. The van der Waals surface area contributed by atoms with Gasteiger partial charge in [0.15, 0.2) is 0 Å². The van der Waals surface area contributed by atoms with Gasteiger partial charge in [0.25, 0.3) is 0 Å². The van der Waals surface area contributed by atoms with E-state index in [1.54, 1.807) is 0 Å². The molecule has 0 spiro atoms. The van der Waals surface area contributed by atoms with Crippen LogP contribution < -0.4 is 10.5 Å². The number of rotatable bonds is 8. The maximum absolute atomic E-state index is 5.95. The lowest BCUT2D eigenvalue weighted by molar-refractivity contribution is 0.271. The molecular formula is C17H29NO. The highest BCUT2D eigenvalue weighted by Gasteiger charge is 2.04. The third kappa shape index (κ3) is 6.11. The van der Waals surface area contributed by atoms with Crippen molar-refractivity contribution in [3.05, 3.63) is 29.3 Å². The second-order valence-corrected chi connectivity index (χ2v) is 5.85. The minimum Gasteiger partial charge on any atom is -0.493 e. The van der Waals surface area contributed by atoms with Gasteiger partial charge in [-0.25, -0.2) is 0 Å². The molecule has 1 rings (SSSR count). The Labute approximate surface area is 118 Å². The summed E-state index contributed by atoms with van der Waals surface area (Å²) in [6.07, 6.45) is 4.47. The van der Waals surface area contributed by atoms with Crippen molar-refractivity contribution in [1.29, 1.82) is 0 Å². The van der Waals surface area contributed by atoms with Crippen LogP contribution in [0.15, 0.2) is 18.2 Å². The Morgan fingerprint density at radius 2 is 2.00 bits per heavy atom. The molecule has 1 atom stereocenters. The summed E-state index contributed by atoms with van der Waals surface area (Å²) in [5.74, 6) is 1.55. The van der Waals surface area contributed by atoms with E-state index in [2.05, 4.69) is 45.9 Å². The average molecular weight is 263 g/mol. The van der Waals surface area contributed by atoms with Crippen molar-refractivity contribution in [3.63, 3.8) is 0 Å². The molecule has 1 aromatic rings. The quantitative estimate of drug-likeness (QED) is 0.766. The van der Waals surface area contributed by atoms with Crippen LogP contribution in [-0.4, -0.2) is 12.6 Å². The molecule has 0 heterocycles. The summed E-state index contributed by atoms with van der Waals surface area (Å²) in [5, 5.41) is 0. The van der Waals surface area contributed by atoms with Gasteiger partial charge in [0.1, 0.15) is 5.75 Å². The summed E-state index contributed by atoms with van der Waals surface area (Å²) < 4.78 is 5.74. The molecule has 0 aromatic heterocycles. The number of aryl methyl sites for hydroxylation is 2. The number of ether oxygens (including phenoxy) is 1. The first-order valence-corrected chi connectivity index (χ1v) is 7.50. The predicted molar refractivity (Wildman–Crippen MR) is 82.7 cm³/mol. The molecule has 0 fully saturated rings. The number of hydrogen-bond donors (Lipinski definition) is 1. The van der Waals surface area contributed by atoms with Crippen LogP contribution in [-0.2, 0) is 6.42 Å². The summed E-state index contributed by atoms with van der Waals surface area (Å²) in [6, 6.07) is 6.79. The molecule has 0 radical (unpaired) electrons. The first-order valence-electron chi connectivity index (χ1n) is 7.50. The van der Waals surface area contributed by atoms with Crippen molar-refractivity contribution in [2.45, 2.75) is 59.4 Å². The molecule has 2 heteroatoms. The third-order valence-corrected chi connectivity index (χ3v) is 3.44. The molecule has 0 aliphatic carbocycles. The van der Waals surface area contributed by atoms with Gasteiger partial charge < -0.3 is 10.5 Å². The summed E-state index contributed by atoms with van der Waals surface area (Å²) in [7, 11) is 0. The molecule has 19 heavy (non-hydrogen) atoms. The molecule has 0 bridgehead atoms. The highest BCUT2D eigenvalue weighted by Crippen LogP contribution is 2.19. The highest BCUT2D eigenvalue weighted by atomic mass is 16.5. The van der Waals surface area contributed by atoms with E-state index in [-0.39, 0.29) is 0 Å². The van der Waals surface area contributed by atoms with E-state index >= 15 is 0 Å². The number of benzene rings is 1. The summed E-state index contributed by atoms with van der Waals surface area (Å²) in [6.45, 7) is 9.43. The van der Waals surface area contributed by atoms with E-state index < -0.39 is 0 Å². The smallest absolute Gasteiger partial charge is 0.119 e. The van der Waals surface area contributed by atoms with Gasteiger partial charge >= 0.3 is 0 Å². The first-order chi connectivity index (χ1) is 9.02. The molecular weight excluding hydrogens is 234 g/mol. The number of nitrogens with two attached hydrogens (primary N) is 1. The van der Waals surface area contributed by atoms with E-state index in [4.69, 9.17) is 10.5 Å². The van der Waals surface area contributed by atoms with Crippen LogP contribution in [0.4, 0.5) is 0 Å². The zero-order valence-electron chi connectivity index (χ0n) is 12.9. The van der Waals surface area contributed by atoms with Crippen LogP contribution in [0, 0.1) is 12.8 Å². The lowest BCUT2D eigenvalue weighted by Crippen LogP contribution is -2.18. The predicted octanol–water partition coefficient (Wildman–Crippen LogP) is 4.09. The van der Waals surface area contributed by atoms with Crippen molar-refractivity contribution in [1.82, 2.24) is 0 Å². The van der Waals surface area contributed by atoms with Gasteiger partial charge in [-0.05, 0) is 61.8 Å². The molecule has 0 saturated heterocycles. The fraction of sp³-hybridized carbons (Fsp3) is 0.647. The fourth-order valence-electron chi connectivity index (χ4n) is 2.06.